The molecule has 178 valence electrons. The van der Waals surface area contributed by atoms with Crippen LogP contribution in [-0.2, 0) is 16.6 Å². The highest BCUT2D eigenvalue weighted by molar-refractivity contribution is 7.93. The second kappa shape index (κ2) is 9.48. The van der Waals surface area contributed by atoms with E-state index in [0.717, 1.165) is 11.6 Å². The number of nitro groups is 1. The number of nitro benzene ring substituents is 1. The van der Waals surface area contributed by atoms with Gasteiger partial charge in [0.1, 0.15) is 23.9 Å². The van der Waals surface area contributed by atoms with Crippen LogP contribution in [0.2, 0.25) is 0 Å². The van der Waals surface area contributed by atoms with Gasteiger partial charge in [-0.25, -0.2) is 8.42 Å². The van der Waals surface area contributed by atoms with Gasteiger partial charge in [-0.05, 0) is 35.9 Å². The minimum absolute atomic E-state index is 0.219. The van der Waals surface area contributed by atoms with Gasteiger partial charge >= 0.3 is 0 Å². The molecule has 0 spiro atoms. The predicted molar refractivity (Wildman–Crippen MR) is 126 cm³/mol. The van der Waals surface area contributed by atoms with E-state index < -0.39 is 14.9 Å². The second-order valence-corrected chi connectivity index (χ2v) is 9.20. The molecule has 1 aliphatic heterocycles. The van der Waals surface area contributed by atoms with Crippen molar-refractivity contribution in [2.45, 2.75) is 11.4 Å². The van der Waals surface area contributed by atoms with Gasteiger partial charge in [0.25, 0.3) is 15.7 Å². The summed E-state index contributed by atoms with van der Waals surface area (Å²) in [7, 11) is -1.07. The van der Waals surface area contributed by atoms with Crippen LogP contribution in [0, 0.1) is 10.1 Å². The molecule has 0 unspecified atom stereocenters. The number of benzene rings is 3. The van der Waals surface area contributed by atoms with E-state index in [1.807, 2.05) is 12.1 Å². The van der Waals surface area contributed by atoms with Gasteiger partial charge in [-0.1, -0.05) is 18.2 Å². The van der Waals surface area contributed by atoms with Crippen LogP contribution in [0.5, 0.6) is 17.2 Å². The average Bonchev–Trinajstić information content (AvgIpc) is 2.83. The summed E-state index contributed by atoms with van der Waals surface area (Å²) >= 11 is 0. The SMILES string of the molecule is COc1ccccc1NS(=O)(=O)c1cc([N+](=O)[O-])ccc1N(C)Cc1ccc2c(c1)OCCO2. The maximum atomic E-state index is 13.4. The van der Waals surface area contributed by atoms with Crippen LogP contribution >= 0.6 is 0 Å². The fraction of sp³-hybridized carbons (Fsp3) is 0.217. The van der Waals surface area contributed by atoms with Crippen LogP contribution in [0.15, 0.2) is 65.6 Å². The number of fused-ring (bicyclic) bond motifs is 1. The summed E-state index contributed by atoms with van der Waals surface area (Å²) in [5, 5.41) is 11.4. The number of rotatable bonds is 8. The molecule has 0 saturated heterocycles. The Balaban J connectivity index is 1.69. The molecular formula is C23H23N3O7S. The number of para-hydroxylation sites is 2. The molecule has 0 bridgehead atoms. The minimum atomic E-state index is -4.21. The van der Waals surface area contributed by atoms with Crippen molar-refractivity contribution in [3.63, 3.8) is 0 Å². The summed E-state index contributed by atoms with van der Waals surface area (Å²) in [6.45, 7) is 1.26. The Kier molecular flexibility index (Phi) is 6.46. The minimum Gasteiger partial charge on any atom is -0.495 e. The third-order valence-corrected chi connectivity index (χ3v) is 6.63. The summed E-state index contributed by atoms with van der Waals surface area (Å²) in [6, 6.07) is 15.8. The first-order chi connectivity index (χ1) is 16.3. The van der Waals surface area contributed by atoms with E-state index >= 15 is 0 Å². The Morgan fingerprint density at radius 1 is 1.06 bits per heavy atom. The molecule has 0 radical (unpaired) electrons. The summed E-state index contributed by atoms with van der Waals surface area (Å²) in [4.78, 5) is 12.2. The highest BCUT2D eigenvalue weighted by Crippen LogP contribution is 2.35. The van der Waals surface area contributed by atoms with E-state index in [4.69, 9.17) is 14.2 Å². The number of methoxy groups -OCH3 is 1. The molecule has 0 fully saturated rings. The van der Waals surface area contributed by atoms with Gasteiger partial charge in [-0.15, -0.1) is 0 Å². The Morgan fingerprint density at radius 3 is 2.53 bits per heavy atom. The normalized spacial score (nSPS) is 12.6. The van der Waals surface area contributed by atoms with Gasteiger partial charge in [-0.3, -0.25) is 14.8 Å². The van der Waals surface area contributed by atoms with E-state index in [-0.39, 0.29) is 16.3 Å². The van der Waals surface area contributed by atoms with Crippen LogP contribution in [0.4, 0.5) is 17.1 Å². The quantitative estimate of drug-likeness (QED) is 0.378. The topological polar surface area (TPSA) is 120 Å². The molecule has 0 saturated carbocycles. The van der Waals surface area contributed by atoms with Crippen molar-refractivity contribution in [3.8, 4) is 17.2 Å². The monoisotopic (exact) mass is 485 g/mol. The zero-order valence-corrected chi connectivity index (χ0v) is 19.4. The second-order valence-electron chi connectivity index (χ2n) is 7.55. The lowest BCUT2D eigenvalue weighted by Crippen LogP contribution is -2.22. The largest absolute Gasteiger partial charge is 0.495 e. The van der Waals surface area contributed by atoms with Gasteiger partial charge in [0.2, 0.25) is 0 Å². The van der Waals surface area contributed by atoms with E-state index in [0.29, 0.717) is 42.7 Å². The maximum absolute atomic E-state index is 13.4. The van der Waals surface area contributed by atoms with Crippen molar-refractivity contribution in [3.05, 3.63) is 76.3 Å². The van der Waals surface area contributed by atoms with Crippen LogP contribution in [-0.4, -0.2) is 40.7 Å². The first kappa shape index (κ1) is 23.2. The average molecular weight is 486 g/mol. The Morgan fingerprint density at radius 2 is 1.79 bits per heavy atom. The van der Waals surface area contributed by atoms with Gasteiger partial charge in [-0.2, -0.15) is 0 Å². The molecular weight excluding hydrogens is 462 g/mol. The van der Waals surface area contributed by atoms with Crippen LogP contribution in [0.1, 0.15) is 5.56 Å². The fourth-order valence-electron chi connectivity index (χ4n) is 3.62. The molecule has 4 rings (SSSR count). The molecule has 0 aromatic heterocycles. The zero-order chi connectivity index (χ0) is 24.3. The summed E-state index contributed by atoms with van der Waals surface area (Å²) in [6.07, 6.45) is 0. The van der Waals surface area contributed by atoms with Crippen LogP contribution in [0.25, 0.3) is 0 Å². The van der Waals surface area contributed by atoms with Crippen molar-refractivity contribution >= 4 is 27.1 Å². The number of nitrogens with zero attached hydrogens (tertiary/aromatic N) is 2. The van der Waals surface area contributed by atoms with E-state index in [9.17, 15) is 18.5 Å². The Labute approximate surface area is 196 Å². The van der Waals surface area contributed by atoms with Gasteiger partial charge in [0, 0.05) is 25.7 Å². The number of sulfonamides is 1. The van der Waals surface area contributed by atoms with Crippen LogP contribution in [0.3, 0.4) is 0 Å². The molecule has 1 aliphatic rings. The van der Waals surface area contributed by atoms with Crippen molar-refractivity contribution in [1.29, 1.82) is 0 Å². The number of non-ortho nitro benzene ring substituents is 1. The standard InChI is InChI=1S/C23H23N3O7S/c1-25(15-16-7-10-21-22(13-16)33-12-11-32-21)19-9-8-17(26(27)28)14-23(19)34(29,30)24-18-5-3-4-6-20(18)31-2/h3-10,13-14,24H,11-12,15H2,1-2H3. The molecule has 34 heavy (non-hydrogen) atoms. The summed E-state index contributed by atoms with van der Waals surface area (Å²) in [5.74, 6) is 1.59. The number of hydrogen-bond acceptors (Lipinski definition) is 8. The Bertz CT molecular complexity index is 1330. The fourth-order valence-corrected chi connectivity index (χ4v) is 4.96. The number of nitrogens with one attached hydrogen (secondary N) is 1. The molecule has 0 aliphatic carbocycles. The number of hydrogen-bond donors (Lipinski definition) is 1. The van der Waals surface area contributed by atoms with Gasteiger partial charge in [0.05, 0.1) is 23.4 Å². The lowest BCUT2D eigenvalue weighted by atomic mass is 10.1. The van der Waals surface area contributed by atoms with Gasteiger partial charge in [0.15, 0.2) is 11.5 Å². The van der Waals surface area contributed by atoms with Crippen molar-refractivity contribution in [2.24, 2.45) is 0 Å². The Hall–Kier alpha value is -3.99. The third-order valence-electron chi connectivity index (χ3n) is 5.23. The molecule has 0 amide bonds. The first-order valence-corrected chi connectivity index (χ1v) is 11.8. The highest BCUT2D eigenvalue weighted by atomic mass is 32.2. The maximum Gasteiger partial charge on any atom is 0.270 e. The number of anilines is 2. The highest BCUT2D eigenvalue weighted by Gasteiger charge is 2.25. The molecule has 1 heterocycles. The van der Waals surface area contributed by atoms with Crippen molar-refractivity contribution in [2.75, 3.05) is 37.0 Å². The molecule has 10 nitrogen and oxygen atoms in total. The van der Waals surface area contributed by atoms with E-state index in [1.54, 1.807) is 42.3 Å². The summed E-state index contributed by atoms with van der Waals surface area (Å²) in [5.41, 5.74) is 1.03. The van der Waals surface area contributed by atoms with E-state index in [2.05, 4.69) is 4.72 Å². The molecule has 11 heteroatoms. The lowest BCUT2D eigenvalue weighted by Gasteiger charge is -2.24. The van der Waals surface area contributed by atoms with Crippen molar-refractivity contribution in [1.82, 2.24) is 0 Å². The lowest BCUT2D eigenvalue weighted by molar-refractivity contribution is -0.385. The predicted octanol–water partition coefficient (Wildman–Crippen LogP) is 3.81. The van der Waals surface area contributed by atoms with E-state index in [1.165, 1.54) is 19.2 Å². The van der Waals surface area contributed by atoms with Crippen molar-refractivity contribution < 1.29 is 27.6 Å². The molecule has 0 atom stereocenters. The summed E-state index contributed by atoms with van der Waals surface area (Å²) < 4.78 is 45.6. The third kappa shape index (κ3) is 4.84. The molecule has 3 aromatic rings. The van der Waals surface area contributed by atoms with Gasteiger partial charge < -0.3 is 19.1 Å². The first-order valence-electron chi connectivity index (χ1n) is 10.3. The molecule has 1 N–H and O–H groups in total. The smallest absolute Gasteiger partial charge is 0.270 e. The zero-order valence-electron chi connectivity index (χ0n) is 18.6. The number of ether oxygens (including phenoxy) is 3. The molecule has 3 aromatic carbocycles. The van der Waals surface area contributed by atoms with Crippen LogP contribution < -0.4 is 23.8 Å².